The van der Waals surface area contributed by atoms with Gasteiger partial charge < -0.3 is 10.0 Å². The molecule has 5 nitrogen and oxygen atoms in total. The summed E-state index contributed by atoms with van der Waals surface area (Å²) in [4.78, 5) is 27.8. The second-order valence-electron chi connectivity index (χ2n) is 4.30. The Kier molecular flexibility index (Phi) is 3.55. The van der Waals surface area contributed by atoms with Gasteiger partial charge in [-0.15, -0.1) is 0 Å². The Morgan fingerprint density at radius 1 is 1.50 bits per heavy atom. The van der Waals surface area contributed by atoms with Crippen LogP contribution >= 0.6 is 0 Å². The molecule has 0 unspecified atom stereocenters. The summed E-state index contributed by atoms with van der Waals surface area (Å²) >= 11 is 0. The number of piperidine rings is 1. The summed E-state index contributed by atoms with van der Waals surface area (Å²) in [7, 11) is 0. The third-order valence-electron chi connectivity index (χ3n) is 3.03. The van der Waals surface area contributed by atoms with Crippen LogP contribution in [0.5, 0.6) is 0 Å². The maximum absolute atomic E-state index is 12.9. The Hall–Kier alpha value is -1.98. The van der Waals surface area contributed by atoms with Gasteiger partial charge in [0.25, 0.3) is 5.91 Å². The summed E-state index contributed by atoms with van der Waals surface area (Å²) in [5.74, 6) is -2.49. The van der Waals surface area contributed by atoms with E-state index in [4.69, 9.17) is 5.11 Å². The summed E-state index contributed by atoms with van der Waals surface area (Å²) in [5, 5.41) is 8.94. The first kappa shape index (κ1) is 12.5. The Bertz CT molecular complexity index is 478. The van der Waals surface area contributed by atoms with Crippen LogP contribution in [0.3, 0.4) is 0 Å². The van der Waals surface area contributed by atoms with Gasteiger partial charge in [-0.1, -0.05) is 0 Å². The van der Waals surface area contributed by atoms with Crippen molar-refractivity contribution in [3.05, 3.63) is 29.8 Å². The van der Waals surface area contributed by atoms with Crippen LogP contribution < -0.4 is 0 Å². The quantitative estimate of drug-likeness (QED) is 0.802. The number of amides is 1. The molecular weight excluding hydrogens is 239 g/mol. The lowest BCUT2D eigenvalue weighted by Gasteiger charge is -2.30. The lowest BCUT2D eigenvalue weighted by Crippen LogP contribution is -2.42. The Morgan fingerprint density at radius 3 is 2.94 bits per heavy atom. The molecule has 0 radical (unpaired) electrons. The molecule has 0 aromatic carbocycles. The van der Waals surface area contributed by atoms with E-state index in [1.165, 1.54) is 17.2 Å². The lowest BCUT2D eigenvalue weighted by molar-refractivity contribution is -0.143. The van der Waals surface area contributed by atoms with Crippen LogP contribution in [-0.2, 0) is 4.79 Å². The largest absolute Gasteiger partial charge is 0.481 e. The summed E-state index contributed by atoms with van der Waals surface area (Å²) in [5.41, 5.74) is 0.202. The van der Waals surface area contributed by atoms with Gasteiger partial charge in [-0.25, -0.2) is 4.98 Å². The maximum Gasteiger partial charge on any atom is 0.308 e. The number of aromatic nitrogens is 1. The average Bonchev–Trinajstić information content (AvgIpc) is 2.38. The van der Waals surface area contributed by atoms with E-state index in [1.54, 1.807) is 0 Å². The fraction of sp³-hybridized carbons (Fsp3) is 0.417. The average molecular weight is 252 g/mol. The molecule has 1 saturated heterocycles. The van der Waals surface area contributed by atoms with Gasteiger partial charge in [-0.3, -0.25) is 9.59 Å². The number of hydrogen-bond donors (Lipinski definition) is 1. The van der Waals surface area contributed by atoms with E-state index >= 15 is 0 Å². The molecule has 1 aromatic heterocycles. The van der Waals surface area contributed by atoms with E-state index in [2.05, 4.69) is 4.98 Å². The van der Waals surface area contributed by atoms with E-state index in [0.29, 0.717) is 19.4 Å². The molecule has 96 valence electrons. The normalized spacial score (nSPS) is 19.6. The van der Waals surface area contributed by atoms with Gasteiger partial charge in [0, 0.05) is 30.9 Å². The van der Waals surface area contributed by atoms with Gasteiger partial charge >= 0.3 is 5.97 Å². The van der Waals surface area contributed by atoms with Crippen molar-refractivity contribution >= 4 is 11.9 Å². The van der Waals surface area contributed by atoms with Crippen LogP contribution in [0.25, 0.3) is 0 Å². The lowest BCUT2D eigenvalue weighted by atomic mass is 9.98. The zero-order valence-electron chi connectivity index (χ0n) is 9.67. The fourth-order valence-corrected chi connectivity index (χ4v) is 2.08. The van der Waals surface area contributed by atoms with Crippen molar-refractivity contribution in [3.8, 4) is 0 Å². The molecule has 2 heterocycles. The molecule has 0 spiro atoms. The second kappa shape index (κ2) is 5.12. The van der Waals surface area contributed by atoms with Crippen molar-refractivity contribution in [2.45, 2.75) is 12.8 Å². The molecule has 1 atom stereocenters. The number of carboxylic acid groups (broad SMARTS) is 1. The van der Waals surface area contributed by atoms with Crippen molar-refractivity contribution < 1.29 is 19.1 Å². The highest BCUT2D eigenvalue weighted by atomic mass is 19.1. The van der Waals surface area contributed by atoms with Crippen molar-refractivity contribution in [1.82, 2.24) is 9.88 Å². The number of aliphatic carboxylic acids is 1. The molecule has 1 aliphatic rings. The SMILES string of the molecule is O=C(O)[C@H]1CCCN(C(=O)c2ccnc(F)c2)C1. The number of hydrogen-bond acceptors (Lipinski definition) is 3. The minimum atomic E-state index is -0.895. The van der Waals surface area contributed by atoms with Gasteiger partial charge in [0.1, 0.15) is 0 Å². The molecule has 0 saturated carbocycles. The van der Waals surface area contributed by atoms with Crippen molar-refractivity contribution in [2.75, 3.05) is 13.1 Å². The van der Waals surface area contributed by atoms with Crippen LogP contribution in [0, 0.1) is 11.9 Å². The molecule has 0 bridgehead atoms. The van der Waals surface area contributed by atoms with E-state index in [-0.39, 0.29) is 18.0 Å². The van der Waals surface area contributed by atoms with E-state index in [9.17, 15) is 14.0 Å². The zero-order chi connectivity index (χ0) is 13.1. The van der Waals surface area contributed by atoms with E-state index in [0.717, 1.165) is 6.07 Å². The molecule has 1 amide bonds. The van der Waals surface area contributed by atoms with Crippen molar-refractivity contribution in [3.63, 3.8) is 0 Å². The van der Waals surface area contributed by atoms with Crippen LogP contribution in [0.4, 0.5) is 4.39 Å². The van der Waals surface area contributed by atoms with E-state index < -0.39 is 17.8 Å². The number of rotatable bonds is 2. The Balaban J connectivity index is 2.11. The third-order valence-corrected chi connectivity index (χ3v) is 3.03. The molecular formula is C12H13FN2O3. The highest BCUT2D eigenvalue weighted by molar-refractivity contribution is 5.94. The summed E-state index contributed by atoms with van der Waals surface area (Å²) in [6, 6.07) is 2.49. The molecule has 1 fully saturated rings. The second-order valence-corrected chi connectivity index (χ2v) is 4.30. The van der Waals surface area contributed by atoms with Crippen LogP contribution in [-0.4, -0.2) is 40.0 Å². The number of pyridine rings is 1. The fourth-order valence-electron chi connectivity index (χ4n) is 2.08. The van der Waals surface area contributed by atoms with E-state index in [1.807, 2.05) is 0 Å². The molecule has 2 rings (SSSR count). The number of nitrogens with zero attached hydrogens (tertiary/aromatic N) is 2. The van der Waals surface area contributed by atoms with Crippen molar-refractivity contribution in [1.29, 1.82) is 0 Å². The molecule has 0 aliphatic carbocycles. The summed E-state index contributed by atoms with van der Waals surface area (Å²) < 4.78 is 12.9. The highest BCUT2D eigenvalue weighted by Gasteiger charge is 2.28. The third kappa shape index (κ3) is 2.64. The minimum Gasteiger partial charge on any atom is -0.481 e. The maximum atomic E-state index is 12.9. The van der Waals surface area contributed by atoms with Crippen LogP contribution in [0.1, 0.15) is 23.2 Å². The molecule has 18 heavy (non-hydrogen) atoms. The molecule has 1 N–H and O–H groups in total. The number of carboxylic acids is 1. The predicted molar refractivity (Wildman–Crippen MR) is 60.5 cm³/mol. The monoisotopic (exact) mass is 252 g/mol. The van der Waals surface area contributed by atoms with Crippen LogP contribution in [0.15, 0.2) is 18.3 Å². The highest BCUT2D eigenvalue weighted by Crippen LogP contribution is 2.18. The summed E-state index contributed by atoms with van der Waals surface area (Å²) in [6.07, 6.45) is 2.45. The molecule has 1 aliphatic heterocycles. The predicted octanol–water partition coefficient (Wildman–Crippen LogP) is 1.16. The van der Waals surface area contributed by atoms with Gasteiger partial charge in [-0.2, -0.15) is 4.39 Å². The Morgan fingerprint density at radius 2 is 2.28 bits per heavy atom. The topological polar surface area (TPSA) is 70.5 Å². The van der Waals surface area contributed by atoms with Gasteiger partial charge in [-0.05, 0) is 18.9 Å². The molecule has 1 aromatic rings. The number of carbonyl (C=O) groups is 2. The first-order valence-electron chi connectivity index (χ1n) is 5.71. The zero-order valence-corrected chi connectivity index (χ0v) is 9.67. The first-order chi connectivity index (χ1) is 8.58. The minimum absolute atomic E-state index is 0.179. The first-order valence-corrected chi connectivity index (χ1v) is 5.71. The van der Waals surface area contributed by atoms with Crippen molar-refractivity contribution in [2.24, 2.45) is 5.92 Å². The van der Waals surface area contributed by atoms with Crippen LogP contribution in [0.2, 0.25) is 0 Å². The molecule has 6 heteroatoms. The number of halogens is 1. The van der Waals surface area contributed by atoms with Gasteiger partial charge in [0.2, 0.25) is 5.95 Å². The van der Waals surface area contributed by atoms with Gasteiger partial charge in [0.15, 0.2) is 0 Å². The smallest absolute Gasteiger partial charge is 0.308 e. The Labute approximate surface area is 103 Å². The number of likely N-dealkylation sites (tertiary alicyclic amines) is 1. The number of carbonyl (C=O) groups excluding carboxylic acids is 1. The summed E-state index contributed by atoms with van der Waals surface area (Å²) in [6.45, 7) is 0.685. The van der Waals surface area contributed by atoms with Gasteiger partial charge in [0.05, 0.1) is 5.92 Å². The standard InChI is InChI=1S/C12H13FN2O3/c13-10-6-8(3-4-14-10)11(16)15-5-1-2-9(7-15)12(17)18/h3-4,6,9H,1-2,5,7H2,(H,17,18)/t9-/m0/s1.